The van der Waals surface area contributed by atoms with Gasteiger partial charge < -0.3 is 9.72 Å². The number of fused-ring (bicyclic) bond motifs is 1. The second-order valence-electron chi connectivity index (χ2n) is 7.86. The van der Waals surface area contributed by atoms with E-state index in [0.717, 1.165) is 16.8 Å². The van der Waals surface area contributed by atoms with Crippen molar-refractivity contribution in [3.05, 3.63) is 46.1 Å². The van der Waals surface area contributed by atoms with Gasteiger partial charge in [0.1, 0.15) is 5.69 Å². The molecule has 0 atom stereocenters. The van der Waals surface area contributed by atoms with Crippen molar-refractivity contribution >= 4 is 34.2 Å². The number of imidazole rings is 1. The van der Waals surface area contributed by atoms with Crippen LogP contribution in [0.2, 0.25) is 10.0 Å². The number of hydrogen-bond acceptors (Lipinski definition) is 4. The number of halogens is 2. The Labute approximate surface area is 207 Å². The molecule has 0 aliphatic rings. The van der Waals surface area contributed by atoms with Crippen molar-refractivity contribution < 1.29 is 34.3 Å². The number of benzene rings is 1. The van der Waals surface area contributed by atoms with Gasteiger partial charge in [-0.15, -0.1) is 0 Å². The molecule has 0 aliphatic carbocycles. The minimum absolute atomic E-state index is 0. The Morgan fingerprint density at radius 1 is 1.10 bits per heavy atom. The van der Waals surface area contributed by atoms with Crippen LogP contribution < -0.4 is 34.3 Å². The zero-order valence-corrected chi connectivity index (χ0v) is 21.4. The SMILES string of the molecule is COc1nc(-c2ccccc2Cl)cc2[nH]c(-c3c(Cl)c(C(C)(C)C)nn3C)nc12.[Na+]. The van der Waals surface area contributed by atoms with Crippen molar-refractivity contribution in [3.63, 3.8) is 0 Å². The fourth-order valence-corrected chi connectivity index (χ4v) is 4.05. The van der Waals surface area contributed by atoms with Gasteiger partial charge in [-0.2, -0.15) is 5.10 Å². The molecule has 0 aliphatic heterocycles. The normalized spacial score (nSPS) is 11.6. The molecule has 3 aromatic heterocycles. The molecule has 0 spiro atoms. The number of rotatable bonds is 3. The molecule has 0 amide bonds. The molecule has 0 saturated carbocycles. The summed E-state index contributed by atoms with van der Waals surface area (Å²) in [5, 5.41) is 5.80. The van der Waals surface area contributed by atoms with E-state index in [9.17, 15) is 0 Å². The van der Waals surface area contributed by atoms with Crippen molar-refractivity contribution in [1.29, 1.82) is 0 Å². The Balaban J connectivity index is 0.00000256. The minimum atomic E-state index is -0.185. The van der Waals surface area contributed by atoms with Gasteiger partial charge in [0, 0.05) is 23.0 Å². The van der Waals surface area contributed by atoms with Gasteiger partial charge in [-0.05, 0) is 12.1 Å². The quantitative estimate of drug-likeness (QED) is 0.485. The smallest absolute Gasteiger partial charge is 0.479 e. The van der Waals surface area contributed by atoms with Gasteiger partial charge >= 0.3 is 29.6 Å². The molecule has 1 aromatic carbocycles. The molecule has 30 heavy (non-hydrogen) atoms. The summed E-state index contributed by atoms with van der Waals surface area (Å²) in [6.07, 6.45) is 0. The molecule has 6 nitrogen and oxygen atoms in total. The van der Waals surface area contributed by atoms with Crippen LogP contribution in [0.4, 0.5) is 0 Å². The maximum Gasteiger partial charge on any atom is 1.00 e. The molecule has 0 unspecified atom stereocenters. The first-order chi connectivity index (χ1) is 13.7. The van der Waals surface area contributed by atoms with Gasteiger partial charge in [-0.1, -0.05) is 62.2 Å². The second kappa shape index (κ2) is 8.52. The summed E-state index contributed by atoms with van der Waals surface area (Å²) >= 11 is 13.0. The number of nitrogens with zero attached hydrogens (tertiary/aromatic N) is 4. The van der Waals surface area contributed by atoms with Crippen LogP contribution >= 0.6 is 23.2 Å². The Bertz CT molecular complexity index is 1230. The summed E-state index contributed by atoms with van der Waals surface area (Å²) in [6, 6.07) is 9.46. The standard InChI is InChI=1S/C21H21Cl2N5O.Na/c1-21(2,3)18-15(23)17(28(4)27-18)19-24-14-10-13(11-8-6-7-9-12(11)22)25-20(29-5)16(14)26-19;/h6-10H,1-5H3,(H,24,26);/q;+1. The first kappa shape index (κ1) is 23.1. The van der Waals surface area contributed by atoms with E-state index >= 15 is 0 Å². The number of methoxy groups -OCH3 is 1. The van der Waals surface area contributed by atoms with E-state index in [1.165, 1.54) is 0 Å². The van der Waals surface area contributed by atoms with Gasteiger partial charge in [-0.3, -0.25) is 4.68 Å². The van der Waals surface area contributed by atoms with Gasteiger partial charge in [-0.25, -0.2) is 9.97 Å². The Hall–Kier alpha value is -1.57. The average Bonchev–Trinajstić information content (AvgIpc) is 3.21. The Morgan fingerprint density at radius 2 is 1.80 bits per heavy atom. The number of pyridine rings is 1. The van der Waals surface area contributed by atoms with E-state index in [2.05, 4.69) is 35.8 Å². The molecular formula is C21H21Cl2N5NaO+. The van der Waals surface area contributed by atoms with Gasteiger partial charge in [0.05, 0.1) is 29.0 Å². The van der Waals surface area contributed by atoms with Crippen molar-refractivity contribution in [2.45, 2.75) is 26.2 Å². The van der Waals surface area contributed by atoms with Crippen LogP contribution in [0.25, 0.3) is 33.8 Å². The van der Waals surface area contributed by atoms with E-state index in [4.69, 9.17) is 32.9 Å². The predicted molar refractivity (Wildman–Crippen MR) is 117 cm³/mol. The summed E-state index contributed by atoms with van der Waals surface area (Å²) in [5.74, 6) is 1.01. The molecule has 9 heteroatoms. The number of aromatic amines is 1. The fourth-order valence-electron chi connectivity index (χ4n) is 3.28. The van der Waals surface area contributed by atoms with Crippen LogP contribution in [0.3, 0.4) is 0 Å². The molecule has 4 rings (SSSR count). The number of aromatic nitrogens is 5. The third-order valence-electron chi connectivity index (χ3n) is 4.70. The monoisotopic (exact) mass is 452 g/mol. The van der Waals surface area contributed by atoms with Crippen LogP contribution in [-0.4, -0.2) is 31.8 Å². The second-order valence-corrected chi connectivity index (χ2v) is 8.65. The summed E-state index contributed by atoms with van der Waals surface area (Å²) in [5.41, 5.74) is 4.26. The van der Waals surface area contributed by atoms with Crippen molar-refractivity contribution in [2.24, 2.45) is 7.05 Å². The average molecular weight is 453 g/mol. The molecular weight excluding hydrogens is 432 g/mol. The first-order valence-corrected chi connectivity index (χ1v) is 9.89. The zero-order valence-electron chi connectivity index (χ0n) is 17.8. The molecule has 0 bridgehead atoms. The van der Waals surface area contributed by atoms with Crippen LogP contribution in [0.5, 0.6) is 5.88 Å². The number of H-pyrrole nitrogens is 1. The zero-order chi connectivity index (χ0) is 20.9. The van der Waals surface area contributed by atoms with Crippen LogP contribution in [0.15, 0.2) is 30.3 Å². The summed E-state index contributed by atoms with van der Waals surface area (Å²) in [6.45, 7) is 6.23. The number of ether oxygens (including phenoxy) is 1. The molecule has 1 N–H and O–H groups in total. The maximum atomic E-state index is 6.69. The largest absolute Gasteiger partial charge is 1.00 e. The van der Waals surface area contributed by atoms with Crippen LogP contribution in [0, 0.1) is 0 Å². The number of nitrogens with one attached hydrogen (secondary N) is 1. The summed E-state index contributed by atoms with van der Waals surface area (Å²) in [7, 11) is 3.43. The van der Waals surface area contributed by atoms with Crippen LogP contribution in [0.1, 0.15) is 26.5 Å². The molecule has 150 valence electrons. The van der Waals surface area contributed by atoms with E-state index in [-0.39, 0.29) is 35.0 Å². The maximum absolute atomic E-state index is 6.69. The van der Waals surface area contributed by atoms with Crippen molar-refractivity contribution in [3.8, 4) is 28.7 Å². The van der Waals surface area contributed by atoms with Gasteiger partial charge in [0.2, 0.25) is 5.88 Å². The van der Waals surface area contributed by atoms with Gasteiger partial charge in [0.15, 0.2) is 11.3 Å². The molecule has 0 saturated heterocycles. The topological polar surface area (TPSA) is 68.6 Å². The van der Waals surface area contributed by atoms with E-state index in [1.807, 2.05) is 37.4 Å². The van der Waals surface area contributed by atoms with Gasteiger partial charge in [0.25, 0.3) is 0 Å². The molecule has 4 aromatic rings. The number of hydrogen-bond donors (Lipinski definition) is 1. The summed E-state index contributed by atoms with van der Waals surface area (Å²) in [4.78, 5) is 12.7. The molecule has 0 radical (unpaired) electrons. The fraction of sp³-hybridized carbons (Fsp3) is 0.286. The molecule has 3 heterocycles. The summed E-state index contributed by atoms with van der Waals surface area (Å²) < 4.78 is 7.25. The van der Waals surface area contributed by atoms with Crippen molar-refractivity contribution in [1.82, 2.24) is 24.7 Å². The minimum Gasteiger partial charge on any atom is -0.479 e. The third kappa shape index (κ3) is 3.99. The van der Waals surface area contributed by atoms with E-state index in [0.29, 0.717) is 38.7 Å². The molecule has 0 fully saturated rings. The Morgan fingerprint density at radius 3 is 2.40 bits per heavy atom. The Kier molecular flexibility index (Phi) is 6.56. The van der Waals surface area contributed by atoms with E-state index in [1.54, 1.807) is 11.8 Å². The third-order valence-corrected chi connectivity index (χ3v) is 5.39. The van der Waals surface area contributed by atoms with Crippen LogP contribution in [-0.2, 0) is 12.5 Å². The van der Waals surface area contributed by atoms with Crippen molar-refractivity contribution in [2.75, 3.05) is 7.11 Å². The number of aryl methyl sites for hydroxylation is 1. The first-order valence-electron chi connectivity index (χ1n) is 9.13. The van der Waals surface area contributed by atoms with E-state index < -0.39 is 0 Å². The predicted octanol–water partition coefficient (Wildman–Crippen LogP) is 2.64.